The first kappa shape index (κ1) is 12.5. The van der Waals surface area contributed by atoms with E-state index < -0.39 is 5.82 Å². The van der Waals surface area contributed by atoms with Gasteiger partial charge in [-0.25, -0.2) is 4.39 Å². The van der Waals surface area contributed by atoms with Gasteiger partial charge in [0.15, 0.2) is 6.29 Å². The lowest BCUT2D eigenvalue weighted by Gasteiger charge is -2.17. The molecule has 1 aliphatic rings. The maximum Gasteiger partial charge on any atom is 0.224 e. The van der Waals surface area contributed by atoms with Crippen LogP contribution in [0.5, 0.6) is 0 Å². The monoisotopic (exact) mass is 269 g/mol. The van der Waals surface area contributed by atoms with Gasteiger partial charge in [-0.3, -0.25) is 9.59 Å². The number of hydrogen-bond acceptors (Lipinski definition) is 2. The first-order valence-electron chi connectivity index (χ1n) is 6.35. The third kappa shape index (κ3) is 2.20. The summed E-state index contributed by atoms with van der Waals surface area (Å²) in [6, 6.07) is 10.1. The van der Waals surface area contributed by atoms with Crippen LogP contribution in [0.25, 0.3) is 11.1 Å². The number of carbonyl (C=O) groups is 2. The van der Waals surface area contributed by atoms with E-state index in [2.05, 4.69) is 5.32 Å². The SMILES string of the molecule is O=Cc1ccc(-c2ccc3c(c2)NC(=O)CC3)cc1F. The largest absolute Gasteiger partial charge is 0.326 e. The van der Waals surface area contributed by atoms with Crippen molar-refractivity contribution in [2.24, 2.45) is 0 Å². The van der Waals surface area contributed by atoms with Crippen LogP contribution in [0.15, 0.2) is 36.4 Å². The van der Waals surface area contributed by atoms with E-state index >= 15 is 0 Å². The molecule has 1 N–H and O–H groups in total. The number of nitrogens with one attached hydrogen (secondary N) is 1. The van der Waals surface area contributed by atoms with Crippen molar-refractivity contribution < 1.29 is 14.0 Å². The maximum atomic E-state index is 13.6. The third-order valence-corrected chi connectivity index (χ3v) is 3.47. The van der Waals surface area contributed by atoms with Crippen molar-refractivity contribution in [1.29, 1.82) is 0 Å². The van der Waals surface area contributed by atoms with Crippen LogP contribution in [0.3, 0.4) is 0 Å². The molecular weight excluding hydrogens is 257 g/mol. The molecule has 0 aromatic heterocycles. The lowest BCUT2D eigenvalue weighted by Crippen LogP contribution is -2.18. The minimum absolute atomic E-state index is 0.00265. The molecule has 0 radical (unpaired) electrons. The van der Waals surface area contributed by atoms with Crippen LogP contribution >= 0.6 is 0 Å². The lowest BCUT2D eigenvalue weighted by molar-refractivity contribution is -0.116. The summed E-state index contributed by atoms with van der Waals surface area (Å²) in [5.74, 6) is -0.545. The number of halogens is 1. The molecule has 1 aliphatic heterocycles. The molecule has 0 bridgehead atoms. The second kappa shape index (κ2) is 4.89. The Labute approximate surface area is 115 Å². The van der Waals surface area contributed by atoms with E-state index in [0.29, 0.717) is 18.3 Å². The van der Waals surface area contributed by atoms with Crippen LogP contribution < -0.4 is 5.32 Å². The Morgan fingerprint density at radius 2 is 1.80 bits per heavy atom. The Morgan fingerprint density at radius 3 is 2.55 bits per heavy atom. The van der Waals surface area contributed by atoms with E-state index in [0.717, 1.165) is 23.2 Å². The van der Waals surface area contributed by atoms with Gasteiger partial charge in [-0.1, -0.05) is 18.2 Å². The van der Waals surface area contributed by atoms with E-state index in [1.54, 1.807) is 6.07 Å². The first-order valence-corrected chi connectivity index (χ1v) is 6.35. The zero-order valence-electron chi connectivity index (χ0n) is 10.7. The van der Waals surface area contributed by atoms with Crippen LogP contribution in [0.4, 0.5) is 10.1 Å². The number of amides is 1. The second-order valence-corrected chi connectivity index (χ2v) is 4.77. The zero-order valence-corrected chi connectivity index (χ0v) is 10.7. The highest BCUT2D eigenvalue weighted by molar-refractivity contribution is 5.94. The highest BCUT2D eigenvalue weighted by Gasteiger charge is 2.15. The van der Waals surface area contributed by atoms with Crippen molar-refractivity contribution in [2.75, 3.05) is 5.32 Å². The van der Waals surface area contributed by atoms with Crippen LogP contribution in [-0.4, -0.2) is 12.2 Å². The average molecular weight is 269 g/mol. The number of rotatable bonds is 2. The van der Waals surface area contributed by atoms with Gasteiger partial charge in [-0.15, -0.1) is 0 Å². The van der Waals surface area contributed by atoms with Crippen LogP contribution in [0.1, 0.15) is 22.3 Å². The molecule has 0 unspecified atom stereocenters. The zero-order chi connectivity index (χ0) is 14.1. The predicted octanol–water partition coefficient (Wildman–Crippen LogP) is 3.19. The van der Waals surface area contributed by atoms with Gasteiger partial charge in [0.2, 0.25) is 5.91 Å². The summed E-state index contributed by atoms with van der Waals surface area (Å²) < 4.78 is 13.6. The van der Waals surface area contributed by atoms with Gasteiger partial charge >= 0.3 is 0 Å². The Balaban J connectivity index is 2.02. The molecule has 0 atom stereocenters. The molecule has 3 nitrogen and oxygen atoms in total. The Kier molecular flexibility index (Phi) is 3.06. The number of hydrogen-bond donors (Lipinski definition) is 1. The quantitative estimate of drug-likeness (QED) is 0.851. The molecule has 4 heteroatoms. The average Bonchev–Trinajstić information content (AvgIpc) is 2.46. The second-order valence-electron chi connectivity index (χ2n) is 4.77. The summed E-state index contributed by atoms with van der Waals surface area (Å²) in [7, 11) is 0. The lowest BCUT2D eigenvalue weighted by atomic mass is 9.97. The molecule has 20 heavy (non-hydrogen) atoms. The number of aryl methyl sites for hydroxylation is 1. The summed E-state index contributed by atoms with van der Waals surface area (Å²) in [4.78, 5) is 22.0. The highest BCUT2D eigenvalue weighted by atomic mass is 19.1. The molecule has 100 valence electrons. The van der Waals surface area contributed by atoms with Crippen molar-refractivity contribution in [3.05, 3.63) is 53.3 Å². The molecule has 2 aromatic rings. The molecule has 3 rings (SSSR count). The smallest absolute Gasteiger partial charge is 0.224 e. The Hall–Kier alpha value is -2.49. The fraction of sp³-hybridized carbons (Fsp3) is 0.125. The topological polar surface area (TPSA) is 46.2 Å². The van der Waals surface area contributed by atoms with Gasteiger partial charge in [-0.2, -0.15) is 0 Å². The normalized spacial score (nSPS) is 13.6. The van der Waals surface area contributed by atoms with Crippen molar-refractivity contribution in [1.82, 2.24) is 0 Å². The minimum atomic E-state index is -0.542. The molecule has 0 aliphatic carbocycles. The number of anilines is 1. The molecule has 0 fully saturated rings. The maximum absolute atomic E-state index is 13.6. The number of aldehydes is 1. The van der Waals surface area contributed by atoms with Crippen LogP contribution in [-0.2, 0) is 11.2 Å². The number of fused-ring (bicyclic) bond motifs is 1. The first-order chi connectivity index (χ1) is 9.67. The van der Waals surface area contributed by atoms with Gasteiger partial charge < -0.3 is 5.32 Å². The van der Waals surface area contributed by atoms with Gasteiger partial charge in [0.1, 0.15) is 5.82 Å². The molecular formula is C16H12FNO2. The fourth-order valence-electron chi connectivity index (χ4n) is 2.35. The molecule has 1 heterocycles. The number of benzene rings is 2. The summed E-state index contributed by atoms with van der Waals surface area (Å²) >= 11 is 0. The summed E-state index contributed by atoms with van der Waals surface area (Å²) in [5, 5.41) is 2.82. The minimum Gasteiger partial charge on any atom is -0.326 e. The highest BCUT2D eigenvalue weighted by Crippen LogP contribution is 2.29. The third-order valence-electron chi connectivity index (χ3n) is 3.47. The summed E-state index contributed by atoms with van der Waals surface area (Å²) in [6.45, 7) is 0. The van der Waals surface area contributed by atoms with E-state index in [1.807, 2.05) is 18.2 Å². The van der Waals surface area contributed by atoms with E-state index in [4.69, 9.17) is 0 Å². The van der Waals surface area contributed by atoms with Crippen molar-refractivity contribution in [3.8, 4) is 11.1 Å². The van der Waals surface area contributed by atoms with E-state index in [-0.39, 0.29) is 11.5 Å². The van der Waals surface area contributed by atoms with Crippen LogP contribution in [0, 0.1) is 5.82 Å². The van der Waals surface area contributed by atoms with E-state index in [1.165, 1.54) is 12.1 Å². The van der Waals surface area contributed by atoms with Gasteiger partial charge in [-0.05, 0) is 41.3 Å². The molecule has 0 spiro atoms. The van der Waals surface area contributed by atoms with Gasteiger partial charge in [0.25, 0.3) is 0 Å². The van der Waals surface area contributed by atoms with Gasteiger partial charge in [0.05, 0.1) is 5.56 Å². The van der Waals surface area contributed by atoms with Crippen molar-refractivity contribution >= 4 is 17.9 Å². The summed E-state index contributed by atoms with van der Waals surface area (Å²) in [5.41, 5.74) is 3.38. The summed E-state index contributed by atoms with van der Waals surface area (Å²) in [6.07, 6.45) is 1.71. The predicted molar refractivity (Wildman–Crippen MR) is 74.2 cm³/mol. The Morgan fingerprint density at radius 1 is 1.05 bits per heavy atom. The standard InChI is InChI=1S/C16H12FNO2/c17-14-7-11(3-4-13(14)9-19)12-2-1-10-5-6-16(20)18-15(10)8-12/h1-4,7-9H,5-6H2,(H,18,20). The van der Waals surface area contributed by atoms with Crippen molar-refractivity contribution in [3.63, 3.8) is 0 Å². The number of carbonyl (C=O) groups excluding carboxylic acids is 2. The molecule has 0 saturated heterocycles. The molecule has 0 saturated carbocycles. The Bertz CT molecular complexity index is 710. The molecule has 2 aromatic carbocycles. The fourth-order valence-corrected chi connectivity index (χ4v) is 2.35. The molecule has 1 amide bonds. The van der Waals surface area contributed by atoms with Crippen molar-refractivity contribution in [2.45, 2.75) is 12.8 Å². The van der Waals surface area contributed by atoms with Crippen LogP contribution in [0.2, 0.25) is 0 Å². The van der Waals surface area contributed by atoms with Gasteiger partial charge in [0, 0.05) is 12.1 Å². The van der Waals surface area contributed by atoms with E-state index in [9.17, 15) is 14.0 Å².